The third-order valence-corrected chi connectivity index (χ3v) is 9.82. The van der Waals surface area contributed by atoms with Gasteiger partial charge >= 0.3 is 0 Å². The molecule has 0 aliphatic carbocycles. The second-order valence-corrected chi connectivity index (χ2v) is 12.2. The summed E-state index contributed by atoms with van der Waals surface area (Å²) < 4.78 is 6.46. The number of benzene rings is 2. The van der Waals surface area contributed by atoms with Crippen LogP contribution in [0.4, 0.5) is 0 Å². The highest BCUT2D eigenvalue weighted by Gasteiger charge is 2.43. The molecule has 2 aromatic carbocycles. The molecule has 3 heterocycles. The van der Waals surface area contributed by atoms with Crippen LogP contribution in [0.2, 0.25) is 0 Å². The van der Waals surface area contributed by atoms with Gasteiger partial charge < -0.3 is 10.1 Å². The number of carbonyl (C=O) groups excluding carboxylic acids is 1. The second-order valence-electron chi connectivity index (χ2n) is 9.76. The van der Waals surface area contributed by atoms with Crippen molar-refractivity contribution in [1.29, 1.82) is 5.26 Å². The predicted octanol–water partition coefficient (Wildman–Crippen LogP) is 6.29. The lowest BCUT2D eigenvalue weighted by Crippen LogP contribution is -2.46. The number of carbonyl (C=O) groups is 1. The third kappa shape index (κ3) is 5.63. The van der Waals surface area contributed by atoms with Crippen molar-refractivity contribution >= 4 is 29.0 Å². The molecule has 1 atom stereocenters. The Labute approximate surface area is 227 Å². The topological polar surface area (TPSA) is 65.4 Å². The van der Waals surface area contributed by atoms with E-state index >= 15 is 0 Å². The fourth-order valence-electron chi connectivity index (χ4n) is 5.36. The lowest BCUT2D eigenvalue weighted by Gasteiger charge is -2.45. The van der Waals surface area contributed by atoms with Gasteiger partial charge in [0.1, 0.15) is 5.60 Å². The molecule has 1 amide bonds. The summed E-state index contributed by atoms with van der Waals surface area (Å²) in [4.78, 5) is 18.8. The van der Waals surface area contributed by atoms with Crippen molar-refractivity contribution in [3.05, 3.63) is 86.6 Å². The van der Waals surface area contributed by atoms with Gasteiger partial charge in [-0.15, -0.1) is 23.1 Å². The Morgan fingerprint density at radius 2 is 1.92 bits per heavy atom. The van der Waals surface area contributed by atoms with Crippen LogP contribution in [0.3, 0.4) is 0 Å². The minimum Gasteiger partial charge on any atom is -0.369 e. The molecular formula is C30H33N3O2S2. The maximum absolute atomic E-state index is 13.0. The van der Waals surface area contributed by atoms with Gasteiger partial charge in [0.25, 0.3) is 5.91 Å². The van der Waals surface area contributed by atoms with Gasteiger partial charge in [0, 0.05) is 35.4 Å². The summed E-state index contributed by atoms with van der Waals surface area (Å²) >= 11 is 3.44. The summed E-state index contributed by atoms with van der Waals surface area (Å²) in [5.41, 5.74) is 4.02. The highest BCUT2D eigenvalue weighted by molar-refractivity contribution is 7.99. The van der Waals surface area contributed by atoms with E-state index in [9.17, 15) is 4.79 Å². The van der Waals surface area contributed by atoms with Crippen LogP contribution in [-0.4, -0.2) is 36.3 Å². The molecule has 7 heteroatoms. The third-order valence-electron chi connectivity index (χ3n) is 7.56. The largest absolute Gasteiger partial charge is 0.369 e. The Bertz CT molecular complexity index is 1270. The molecule has 1 unspecified atom stereocenters. The van der Waals surface area contributed by atoms with Gasteiger partial charge in [-0.3, -0.25) is 9.69 Å². The zero-order valence-electron chi connectivity index (χ0n) is 21.5. The minimum absolute atomic E-state index is 0.00608. The SMILES string of the molecule is CCSc1ccc(CNC(=O)c2cc3c(s2)C2(CCN(C(C)c4ccc(C#N)cc4)CC2)OCC3)cc1. The highest BCUT2D eigenvalue weighted by Crippen LogP contribution is 2.46. The van der Waals surface area contributed by atoms with Gasteiger partial charge in [0.15, 0.2) is 0 Å². The molecule has 1 saturated heterocycles. The minimum atomic E-state index is -0.287. The summed E-state index contributed by atoms with van der Waals surface area (Å²) in [5, 5.41) is 12.2. The summed E-state index contributed by atoms with van der Waals surface area (Å²) in [6.07, 6.45) is 2.71. The van der Waals surface area contributed by atoms with Gasteiger partial charge in [0.2, 0.25) is 0 Å². The monoisotopic (exact) mass is 531 g/mol. The van der Waals surface area contributed by atoms with Crippen molar-refractivity contribution in [2.45, 2.75) is 56.2 Å². The van der Waals surface area contributed by atoms with Crippen LogP contribution >= 0.6 is 23.1 Å². The van der Waals surface area contributed by atoms with Crippen molar-refractivity contribution in [2.75, 3.05) is 25.4 Å². The van der Waals surface area contributed by atoms with Crippen LogP contribution in [0.5, 0.6) is 0 Å². The maximum Gasteiger partial charge on any atom is 0.261 e. The van der Waals surface area contributed by atoms with Crippen LogP contribution in [0, 0.1) is 11.3 Å². The molecule has 3 aromatic rings. The Morgan fingerprint density at radius 3 is 2.59 bits per heavy atom. The van der Waals surface area contributed by atoms with E-state index in [2.05, 4.69) is 72.6 Å². The van der Waals surface area contributed by atoms with E-state index in [4.69, 9.17) is 10.00 Å². The molecule has 37 heavy (non-hydrogen) atoms. The van der Waals surface area contributed by atoms with E-state index in [1.807, 2.05) is 23.9 Å². The number of thioether (sulfide) groups is 1. The van der Waals surface area contributed by atoms with Crippen molar-refractivity contribution in [3.8, 4) is 6.07 Å². The number of nitriles is 1. The van der Waals surface area contributed by atoms with Gasteiger partial charge in [-0.05, 0) is 79.0 Å². The number of likely N-dealkylation sites (tertiary alicyclic amines) is 1. The first-order chi connectivity index (χ1) is 18.0. The molecule has 0 saturated carbocycles. The quantitative estimate of drug-likeness (QED) is 0.363. The fraction of sp³-hybridized carbons (Fsp3) is 0.400. The van der Waals surface area contributed by atoms with E-state index in [-0.39, 0.29) is 17.6 Å². The molecule has 0 bridgehead atoms. The smallest absolute Gasteiger partial charge is 0.261 e. The average molecular weight is 532 g/mol. The van der Waals surface area contributed by atoms with Gasteiger partial charge in [0.05, 0.1) is 23.1 Å². The molecule has 5 rings (SSSR count). The maximum atomic E-state index is 13.0. The Balaban J connectivity index is 1.23. The van der Waals surface area contributed by atoms with Gasteiger partial charge in [-0.2, -0.15) is 5.26 Å². The number of rotatable bonds is 7. The van der Waals surface area contributed by atoms with Crippen molar-refractivity contribution < 1.29 is 9.53 Å². The number of fused-ring (bicyclic) bond motifs is 2. The standard InChI is InChI=1S/C30H33N3O2S2/c1-3-36-26-10-6-23(7-11-26)20-32-29(34)27-18-25-12-17-35-30(28(25)37-27)13-15-33(16-14-30)21(2)24-8-4-22(19-31)5-9-24/h4-11,18,21H,3,12-17,20H2,1-2H3,(H,32,34). The first kappa shape index (κ1) is 26.0. The number of nitrogens with zero attached hydrogens (tertiary/aromatic N) is 2. The molecule has 2 aliphatic heterocycles. The number of piperidine rings is 1. The van der Waals surface area contributed by atoms with E-state index in [0.29, 0.717) is 18.7 Å². The lowest BCUT2D eigenvalue weighted by atomic mass is 9.84. The molecule has 2 aliphatic rings. The average Bonchev–Trinajstić information content (AvgIpc) is 3.39. The van der Waals surface area contributed by atoms with E-state index < -0.39 is 0 Å². The highest BCUT2D eigenvalue weighted by atomic mass is 32.2. The zero-order valence-corrected chi connectivity index (χ0v) is 23.1. The predicted molar refractivity (Wildman–Crippen MR) is 150 cm³/mol. The first-order valence-electron chi connectivity index (χ1n) is 13.0. The lowest BCUT2D eigenvalue weighted by molar-refractivity contribution is -0.0994. The molecule has 5 nitrogen and oxygen atoms in total. The van der Waals surface area contributed by atoms with Crippen LogP contribution in [0.1, 0.15) is 69.5 Å². The van der Waals surface area contributed by atoms with Crippen LogP contribution in [-0.2, 0) is 23.3 Å². The summed E-state index contributed by atoms with van der Waals surface area (Å²) in [5.74, 6) is 1.05. The Kier molecular flexibility index (Phi) is 8.01. The molecule has 192 valence electrons. The van der Waals surface area contributed by atoms with Crippen molar-refractivity contribution in [1.82, 2.24) is 10.2 Å². The van der Waals surface area contributed by atoms with Gasteiger partial charge in [-0.1, -0.05) is 31.2 Å². The fourth-order valence-corrected chi connectivity index (χ4v) is 7.35. The zero-order chi connectivity index (χ0) is 25.8. The molecule has 1 spiro atoms. The molecular weight excluding hydrogens is 498 g/mol. The van der Waals surface area contributed by atoms with Crippen LogP contribution < -0.4 is 5.32 Å². The summed E-state index contributed by atoms with van der Waals surface area (Å²) in [6, 6.07) is 20.9. The Hall–Kier alpha value is -2.63. The van der Waals surface area contributed by atoms with E-state index in [0.717, 1.165) is 48.5 Å². The molecule has 0 radical (unpaired) electrons. The van der Waals surface area contributed by atoms with Gasteiger partial charge in [-0.25, -0.2) is 0 Å². The normalized spacial score (nSPS) is 17.6. The summed E-state index contributed by atoms with van der Waals surface area (Å²) in [6.45, 7) is 7.49. The Morgan fingerprint density at radius 1 is 1.19 bits per heavy atom. The molecule has 1 fully saturated rings. The summed E-state index contributed by atoms with van der Waals surface area (Å²) in [7, 11) is 0. The number of hydrogen-bond donors (Lipinski definition) is 1. The van der Waals surface area contributed by atoms with Crippen LogP contribution in [0.15, 0.2) is 59.5 Å². The van der Waals surface area contributed by atoms with Crippen LogP contribution in [0.25, 0.3) is 0 Å². The number of ether oxygens (including phenoxy) is 1. The molecule has 1 N–H and O–H groups in total. The second kappa shape index (κ2) is 11.4. The number of amides is 1. The number of nitrogens with one attached hydrogen (secondary N) is 1. The van der Waals surface area contributed by atoms with Crippen molar-refractivity contribution in [3.63, 3.8) is 0 Å². The molecule has 1 aromatic heterocycles. The number of thiophene rings is 1. The number of hydrogen-bond acceptors (Lipinski definition) is 6. The first-order valence-corrected chi connectivity index (χ1v) is 14.8. The van der Waals surface area contributed by atoms with E-state index in [1.165, 1.54) is 20.9 Å². The van der Waals surface area contributed by atoms with Crippen molar-refractivity contribution in [2.24, 2.45) is 0 Å². The van der Waals surface area contributed by atoms with E-state index in [1.54, 1.807) is 11.3 Å².